The van der Waals surface area contributed by atoms with E-state index in [4.69, 9.17) is 0 Å². The number of hydrogen-bond donors (Lipinski definition) is 1. The van der Waals surface area contributed by atoms with E-state index in [9.17, 15) is 4.79 Å². The van der Waals surface area contributed by atoms with Gasteiger partial charge in [0, 0.05) is 16.5 Å². The second-order valence-electron chi connectivity index (χ2n) is 8.87. The summed E-state index contributed by atoms with van der Waals surface area (Å²) in [5.41, 5.74) is 0.731. The smallest absolute Gasteiger partial charge is 0.251 e. The highest BCUT2D eigenvalue weighted by Crippen LogP contribution is 2.33. The van der Waals surface area contributed by atoms with Gasteiger partial charge in [0.1, 0.15) is 0 Å². The normalized spacial score (nSPS) is 22.0. The van der Waals surface area contributed by atoms with Crippen LogP contribution in [0, 0.1) is 16.7 Å². The van der Waals surface area contributed by atoms with Crippen LogP contribution in [0.15, 0.2) is 36.0 Å². The van der Waals surface area contributed by atoms with Crippen molar-refractivity contribution in [1.29, 1.82) is 0 Å². The maximum Gasteiger partial charge on any atom is 0.251 e. The number of rotatable bonds is 6. The lowest BCUT2D eigenvalue weighted by Gasteiger charge is -2.35. The molecule has 1 amide bonds. The molecule has 1 aliphatic rings. The van der Waals surface area contributed by atoms with Crippen LogP contribution in [0.5, 0.6) is 0 Å². The number of carbonyl (C=O) groups excluding carboxylic acids is 1. The number of allylic oxidation sites excluding steroid dienone is 4. The number of amides is 1. The molecule has 2 nitrogen and oxygen atoms in total. The Morgan fingerprint density at radius 3 is 2.35 bits per heavy atom. The standard InChI is InChI=1S/C21H35NO/c1-9-19(4,5)15-20(6,7)22-18(23)17-11-10-13-21(8,14-12-17)16(2)3/h10-14,16H,9,15H2,1-8H3,(H,22,23). The molecule has 0 aromatic rings. The topological polar surface area (TPSA) is 29.1 Å². The maximum absolute atomic E-state index is 12.7. The molecule has 0 spiro atoms. The van der Waals surface area contributed by atoms with E-state index in [2.05, 4.69) is 72.9 Å². The molecule has 23 heavy (non-hydrogen) atoms. The van der Waals surface area contributed by atoms with Crippen LogP contribution < -0.4 is 5.32 Å². The van der Waals surface area contributed by atoms with E-state index < -0.39 is 0 Å². The van der Waals surface area contributed by atoms with Gasteiger partial charge < -0.3 is 5.32 Å². The quantitative estimate of drug-likeness (QED) is 0.696. The van der Waals surface area contributed by atoms with Gasteiger partial charge in [-0.1, -0.05) is 72.3 Å². The van der Waals surface area contributed by atoms with Gasteiger partial charge in [-0.15, -0.1) is 0 Å². The first kappa shape index (κ1) is 19.7. The van der Waals surface area contributed by atoms with E-state index >= 15 is 0 Å². The molecule has 0 aliphatic heterocycles. The Bertz CT molecular complexity index is 520. The van der Waals surface area contributed by atoms with E-state index in [1.807, 2.05) is 18.2 Å². The minimum atomic E-state index is -0.220. The first-order valence-electron chi connectivity index (χ1n) is 8.82. The first-order valence-corrected chi connectivity index (χ1v) is 8.82. The van der Waals surface area contributed by atoms with E-state index in [1.165, 1.54) is 0 Å². The Balaban J connectivity index is 2.83. The van der Waals surface area contributed by atoms with Crippen LogP contribution >= 0.6 is 0 Å². The number of nitrogens with one attached hydrogen (secondary N) is 1. The number of carbonyl (C=O) groups is 1. The highest BCUT2D eigenvalue weighted by molar-refractivity contribution is 5.97. The molecule has 1 atom stereocenters. The molecule has 1 N–H and O–H groups in total. The fourth-order valence-corrected chi connectivity index (χ4v) is 3.02. The summed E-state index contributed by atoms with van der Waals surface area (Å²) in [4.78, 5) is 12.7. The van der Waals surface area contributed by atoms with Gasteiger partial charge in [0.2, 0.25) is 0 Å². The lowest BCUT2D eigenvalue weighted by atomic mass is 9.78. The van der Waals surface area contributed by atoms with Crippen molar-refractivity contribution in [1.82, 2.24) is 5.32 Å². The molecule has 1 rings (SSSR count). The van der Waals surface area contributed by atoms with Crippen molar-refractivity contribution in [2.24, 2.45) is 16.7 Å². The third-order valence-corrected chi connectivity index (χ3v) is 5.19. The fourth-order valence-electron chi connectivity index (χ4n) is 3.02. The van der Waals surface area contributed by atoms with Crippen molar-refractivity contribution in [3.8, 4) is 0 Å². The SMILES string of the molecule is CCC(C)(C)CC(C)(C)NC(=O)C1=CC=CC(C)(C(C)C)C=C1. The molecule has 0 saturated carbocycles. The van der Waals surface area contributed by atoms with Gasteiger partial charge >= 0.3 is 0 Å². The third-order valence-electron chi connectivity index (χ3n) is 5.19. The Morgan fingerprint density at radius 1 is 1.22 bits per heavy atom. The largest absolute Gasteiger partial charge is 0.347 e. The van der Waals surface area contributed by atoms with Crippen LogP contribution in [0.3, 0.4) is 0 Å². The number of hydrogen-bond acceptors (Lipinski definition) is 1. The van der Waals surface area contributed by atoms with Crippen LogP contribution in [0.4, 0.5) is 0 Å². The van der Waals surface area contributed by atoms with Gasteiger partial charge in [-0.3, -0.25) is 4.79 Å². The van der Waals surface area contributed by atoms with E-state index in [0.29, 0.717) is 5.92 Å². The molecule has 0 radical (unpaired) electrons. The lowest BCUT2D eigenvalue weighted by molar-refractivity contribution is -0.119. The molecule has 0 saturated heterocycles. The average Bonchev–Trinajstić information content (AvgIpc) is 2.60. The monoisotopic (exact) mass is 317 g/mol. The molecule has 0 aromatic carbocycles. The van der Waals surface area contributed by atoms with Gasteiger partial charge in [0.15, 0.2) is 0 Å². The van der Waals surface area contributed by atoms with E-state index in [-0.39, 0.29) is 22.3 Å². The molecule has 130 valence electrons. The zero-order valence-corrected chi connectivity index (χ0v) is 16.3. The van der Waals surface area contributed by atoms with Crippen LogP contribution in [0.1, 0.15) is 68.2 Å². The minimum absolute atomic E-state index is 0.00174. The summed E-state index contributed by atoms with van der Waals surface area (Å²) in [5.74, 6) is 0.503. The Kier molecular flexibility index (Phi) is 6.06. The summed E-state index contributed by atoms with van der Waals surface area (Å²) in [6, 6.07) is 0. The molecule has 1 unspecified atom stereocenters. The summed E-state index contributed by atoms with van der Waals surface area (Å²) in [6.45, 7) is 17.5. The van der Waals surface area contributed by atoms with Crippen molar-refractivity contribution in [3.05, 3.63) is 36.0 Å². The molecule has 0 heterocycles. The highest BCUT2D eigenvalue weighted by Gasteiger charge is 2.30. The molecule has 1 aliphatic carbocycles. The third kappa shape index (κ3) is 5.67. The first-order chi connectivity index (χ1) is 10.4. The van der Waals surface area contributed by atoms with Gasteiger partial charge in [-0.2, -0.15) is 0 Å². The van der Waals surface area contributed by atoms with Gasteiger partial charge in [0.25, 0.3) is 5.91 Å². The minimum Gasteiger partial charge on any atom is -0.347 e. The van der Waals surface area contributed by atoms with Crippen LogP contribution in [-0.2, 0) is 4.79 Å². The zero-order valence-electron chi connectivity index (χ0n) is 16.3. The second kappa shape index (κ2) is 7.07. The van der Waals surface area contributed by atoms with Gasteiger partial charge in [-0.25, -0.2) is 0 Å². The van der Waals surface area contributed by atoms with Gasteiger partial charge in [-0.05, 0) is 37.7 Å². The predicted molar refractivity (Wildman–Crippen MR) is 100 cm³/mol. The summed E-state index contributed by atoms with van der Waals surface area (Å²) >= 11 is 0. The second-order valence-corrected chi connectivity index (χ2v) is 8.87. The molecule has 0 bridgehead atoms. The molecule has 0 aromatic heterocycles. The van der Waals surface area contributed by atoms with Crippen molar-refractivity contribution in [2.45, 2.75) is 73.8 Å². The predicted octanol–water partition coefficient (Wildman–Crippen LogP) is 5.42. The van der Waals surface area contributed by atoms with E-state index in [0.717, 1.165) is 18.4 Å². The summed E-state index contributed by atoms with van der Waals surface area (Å²) in [7, 11) is 0. The summed E-state index contributed by atoms with van der Waals surface area (Å²) < 4.78 is 0. The Hall–Kier alpha value is -1.31. The van der Waals surface area contributed by atoms with Gasteiger partial charge in [0.05, 0.1) is 0 Å². The molecule has 2 heteroatoms. The molecular formula is C21H35NO. The lowest BCUT2D eigenvalue weighted by Crippen LogP contribution is -2.46. The van der Waals surface area contributed by atoms with E-state index in [1.54, 1.807) is 0 Å². The molecule has 0 fully saturated rings. The highest BCUT2D eigenvalue weighted by atomic mass is 16.1. The average molecular weight is 318 g/mol. The van der Waals surface area contributed by atoms with Crippen LogP contribution in [0.25, 0.3) is 0 Å². The van der Waals surface area contributed by atoms with Crippen LogP contribution in [0.2, 0.25) is 0 Å². The fraction of sp³-hybridized carbons (Fsp3) is 0.667. The van der Waals surface area contributed by atoms with Crippen LogP contribution in [-0.4, -0.2) is 11.4 Å². The Labute approximate surface area is 143 Å². The zero-order chi connectivity index (χ0) is 17.9. The van der Waals surface area contributed by atoms with Crippen molar-refractivity contribution >= 4 is 5.91 Å². The summed E-state index contributed by atoms with van der Waals surface area (Å²) in [6.07, 6.45) is 12.3. The van der Waals surface area contributed by atoms with Crippen molar-refractivity contribution < 1.29 is 4.79 Å². The van der Waals surface area contributed by atoms with Crippen molar-refractivity contribution in [3.63, 3.8) is 0 Å². The van der Waals surface area contributed by atoms with Crippen molar-refractivity contribution in [2.75, 3.05) is 0 Å². The Morgan fingerprint density at radius 2 is 1.83 bits per heavy atom. The maximum atomic E-state index is 12.7. The molecular weight excluding hydrogens is 282 g/mol. The summed E-state index contributed by atoms with van der Waals surface area (Å²) in [5, 5.41) is 3.21.